The number of hydrogen-bond acceptors (Lipinski definition) is 4. The van der Waals surface area contributed by atoms with Crippen LogP contribution >= 0.6 is 0 Å². The number of carbonyl (C=O) groups is 2. The van der Waals surface area contributed by atoms with Crippen LogP contribution in [0, 0.1) is 19.7 Å². The molecular weight excluding hydrogens is 480 g/mol. The topological polar surface area (TPSA) is 67.9 Å². The van der Waals surface area contributed by atoms with E-state index in [0.29, 0.717) is 5.56 Å². The molecular formula is C26H28F4N2O4. The van der Waals surface area contributed by atoms with E-state index in [1.54, 1.807) is 26.0 Å². The fourth-order valence-corrected chi connectivity index (χ4v) is 5.23. The Kier molecular flexibility index (Phi) is 6.76. The van der Waals surface area contributed by atoms with Crippen molar-refractivity contribution in [3.05, 3.63) is 70.5 Å². The molecule has 0 aromatic heterocycles. The summed E-state index contributed by atoms with van der Waals surface area (Å²) < 4.78 is 67.8. The van der Waals surface area contributed by atoms with Crippen LogP contribution in [0.15, 0.2) is 42.5 Å². The van der Waals surface area contributed by atoms with Crippen LogP contribution in [0.3, 0.4) is 0 Å². The summed E-state index contributed by atoms with van der Waals surface area (Å²) in [4.78, 5) is 26.8. The number of halogens is 4. The number of ether oxygens (including phenoxy) is 2. The van der Waals surface area contributed by atoms with Gasteiger partial charge in [0.1, 0.15) is 11.4 Å². The van der Waals surface area contributed by atoms with Gasteiger partial charge in [-0.25, -0.2) is 9.18 Å². The number of likely N-dealkylation sites (tertiary alicyclic amines) is 1. The van der Waals surface area contributed by atoms with Gasteiger partial charge in [-0.1, -0.05) is 30.3 Å². The number of nitrogens with zero attached hydrogens (tertiary/aromatic N) is 1. The summed E-state index contributed by atoms with van der Waals surface area (Å²) in [5.74, 6) is -1.99. The van der Waals surface area contributed by atoms with E-state index in [1.807, 2.05) is 0 Å². The van der Waals surface area contributed by atoms with E-state index in [2.05, 4.69) is 5.32 Å². The third-order valence-electron chi connectivity index (χ3n) is 7.47. The van der Waals surface area contributed by atoms with Crippen LogP contribution in [-0.4, -0.2) is 55.4 Å². The maximum Gasteiger partial charge on any atom is 0.430 e. The summed E-state index contributed by atoms with van der Waals surface area (Å²) in [7, 11) is 0.880. The van der Waals surface area contributed by atoms with E-state index in [0.717, 1.165) is 23.1 Å². The predicted octanol–water partition coefficient (Wildman–Crippen LogP) is 4.73. The van der Waals surface area contributed by atoms with Crippen LogP contribution < -0.4 is 5.32 Å². The van der Waals surface area contributed by atoms with Crippen molar-refractivity contribution in [2.24, 2.45) is 0 Å². The molecule has 4 rings (SSSR count). The summed E-state index contributed by atoms with van der Waals surface area (Å²) >= 11 is 0. The number of nitrogens with one attached hydrogen (secondary N) is 1. The van der Waals surface area contributed by atoms with Gasteiger partial charge in [-0.2, -0.15) is 13.2 Å². The Hall–Kier alpha value is -3.14. The number of alkyl halides is 3. The van der Waals surface area contributed by atoms with Gasteiger partial charge in [0, 0.05) is 51.1 Å². The molecule has 2 aromatic rings. The van der Waals surface area contributed by atoms with Crippen molar-refractivity contribution in [2.75, 3.05) is 26.7 Å². The molecule has 2 unspecified atom stereocenters. The Morgan fingerprint density at radius 3 is 2.28 bits per heavy atom. The molecule has 0 aliphatic carbocycles. The van der Waals surface area contributed by atoms with Crippen LogP contribution in [-0.2, 0) is 19.9 Å². The highest BCUT2D eigenvalue weighted by Gasteiger charge is 2.64. The molecule has 2 saturated heterocycles. The summed E-state index contributed by atoms with van der Waals surface area (Å²) in [6, 6.07) is 9.93. The third-order valence-corrected chi connectivity index (χ3v) is 7.47. The lowest BCUT2D eigenvalue weighted by molar-refractivity contribution is -0.271. The minimum Gasteiger partial charge on any atom is -0.442 e. The van der Waals surface area contributed by atoms with Gasteiger partial charge in [-0.05, 0) is 42.7 Å². The number of methoxy groups -OCH3 is 1. The molecule has 0 saturated carbocycles. The number of amides is 2. The quantitative estimate of drug-likeness (QED) is 0.607. The molecule has 2 heterocycles. The van der Waals surface area contributed by atoms with Crippen molar-refractivity contribution in [1.29, 1.82) is 0 Å². The summed E-state index contributed by atoms with van der Waals surface area (Å²) in [6.45, 7) is 3.52. The molecule has 2 amide bonds. The molecule has 10 heteroatoms. The number of carbonyl (C=O) groups excluding carboxylic acids is 2. The lowest BCUT2D eigenvalue weighted by Crippen LogP contribution is -2.62. The van der Waals surface area contributed by atoms with Crippen LogP contribution in [0.2, 0.25) is 0 Å². The molecule has 2 aliphatic rings. The Bertz CT molecular complexity index is 1140. The average molecular weight is 509 g/mol. The van der Waals surface area contributed by atoms with Crippen molar-refractivity contribution in [3.8, 4) is 0 Å². The van der Waals surface area contributed by atoms with Gasteiger partial charge in [0.15, 0.2) is 0 Å². The van der Waals surface area contributed by atoms with Crippen LogP contribution in [0.25, 0.3) is 0 Å². The third kappa shape index (κ3) is 4.31. The standard InChI is InChI=1S/C26H28F4N2O4/c1-16-4-7-19(14-17(16)2)25(35-3,26(28,29)30)22(33)32-12-10-24(11-13-32)21(15-31-23(34)36-24)18-5-8-20(27)9-6-18/h4-9,14,21H,10-13,15H2,1-3H3,(H,31,34). The van der Waals surface area contributed by atoms with E-state index in [4.69, 9.17) is 9.47 Å². The molecule has 0 bridgehead atoms. The molecule has 0 radical (unpaired) electrons. The fourth-order valence-electron chi connectivity index (χ4n) is 5.23. The molecule has 2 fully saturated rings. The predicted molar refractivity (Wildman–Crippen MR) is 123 cm³/mol. The molecule has 2 atom stereocenters. The molecule has 6 nitrogen and oxygen atoms in total. The zero-order valence-corrected chi connectivity index (χ0v) is 20.2. The van der Waals surface area contributed by atoms with Crippen molar-refractivity contribution < 1.29 is 36.6 Å². The summed E-state index contributed by atoms with van der Waals surface area (Å²) in [5.41, 5.74) is -2.37. The minimum absolute atomic E-state index is 0.0736. The highest BCUT2D eigenvalue weighted by atomic mass is 19.4. The Labute approximate surface area is 206 Å². The SMILES string of the molecule is COC(C(=O)N1CCC2(CC1)OC(=O)NCC2c1ccc(F)cc1)(c1ccc(C)c(C)c1)C(F)(F)F. The molecule has 1 N–H and O–H groups in total. The highest BCUT2D eigenvalue weighted by Crippen LogP contribution is 2.46. The van der Waals surface area contributed by atoms with Crippen molar-refractivity contribution in [3.63, 3.8) is 0 Å². The number of hydrogen-bond donors (Lipinski definition) is 1. The van der Waals surface area contributed by atoms with Crippen LogP contribution in [0.4, 0.5) is 22.4 Å². The first-order valence-electron chi connectivity index (χ1n) is 11.6. The maximum atomic E-state index is 14.5. The van der Waals surface area contributed by atoms with Gasteiger partial charge in [0.25, 0.3) is 11.5 Å². The second kappa shape index (κ2) is 9.38. The average Bonchev–Trinajstić information content (AvgIpc) is 2.82. The minimum atomic E-state index is -5.02. The highest BCUT2D eigenvalue weighted by molar-refractivity contribution is 5.88. The Morgan fingerprint density at radius 1 is 1.08 bits per heavy atom. The molecule has 1 spiro atoms. The van der Waals surface area contributed by atoms with Gasteiger partial charge in [0.05, 0.1) is 0 Å². The van der Waals surface area contributed by atoms with E-state index in [1.165, 1.54) is 30.3 Å². The Balaban J connectivity index is 1.64. The summed E-state index contributed by atoms with van der Waals surface area (Å²) in [5, 5.41) is 2.63. The number of benzene rings is 2. The monoisotopic (exact) mass is 508 g/mol. The zero-order chi connectivity index (χ0) is 26.3. The van der Waals surface area contributed by atoms with E-state index < -0.39 is 35.2 Å². The lowest BCUT2D eigenvalue weighted by Gasteiger charge is -2.49. The lowest BCUT2D eigenvalue weighted by atomic mass is 9.74. The van der Waals surface area contributed by atoms with Crippen LogP contribution in [0.5, 0.6) is 0 Å². The maximum absolute atomic E-state index is 14.5. The fraction of sp³-hybridized carbons (Fsp3) is 0.462. The normalized spacial score (nSPS) is 21.5. The van der Waals surface area contributed by atoms with Crippen molar-refractivity contribution >= 4 is 12.0 Å². The first kappa shape index (κ1) is 25.9. The Morgan fingerprint density at radius 2 is 1.72 bits per heavy atom. The molecule has 194 valence electrons. The number of alkyl carbamates (subject to hydrolysis) is 1. The zero-order valence-electron chi connectivity index (χ0n) is 20.2. The van der Waals surface area contributed by atoms with Gasteiger partial charge in [-0.15, -0.1) is 0 Å². The second-order valence-electron chi connectivity index (χ2n) is 9.41. The van der Waals surface area contributed by atoms with Gasteiger partial charge >= 0.3 is 12.3 Å². The number of aryl methyl sites for hydroxylation is 2. The largest absolute Gasteiger partial charge is 0.442 e. The molecule has 2 aliphatic heterocycles. The van der Waals surface area contributed by atoms with Gasteiger partial charge in [0.2, 0.25) is 0 Å². The van der Waals surface area contributed by atoms with Gasteiger partial charge < -0.3 is 19.7 Å². The van der Waals surface area contributed by atoms with Crippen molar-refractivity contribution in [2.45, 2.75) is 50.0 Å². The van der Waals surface area contributed by atoms with E-state index >= 15 is 0 Å². The first-order chi connectivity index (χ1) is 16.9. The van der Waals surface area contributed by atoms with E-state index in [-0.39, 0.29) is 44.0 Å². The number of rotatable bonds is 4. The molecule has 36 heavy (non-hydrogen) atoms. The van der Waals surface area contributed by atoms with Crippen LogP contribution in [0.1, 0.15) is 41.0 Å². The van der Waals surface area contributed by atoms with Gasteiger partial charge in [-0.3, -0.25) is 4.79 Å². The smallest absolute Gasteiger partial charge is 0.430 e. The second-order valence-corrected chi connectivity index (χ2v) is 9.41. The first-order valence-corrected chi connectivity index (χ1v) is 11.6. The molecule has 2 aromatic carbocycles. The van der Waals surface area contributed by atoms with Crippen molar-refractivity contribution in [1.82, 2.24) is 10.2 Å². The number of piperidine rings is 1. The summed E-state index contributed by atoms with van der Waals surface area (Å²) in [6.07, 6.45) is -5.41. The van der Waals surface area contributed by atoms with E-state index in [9.17, 15) is 27.2 Å².